The van der Waals surface area contributed by atoms with Gasteiger partial charge in [0.2, 0.25) is 11.9 Å². The molecule has 3 aromatic rings. The van der Waals surface area contributed by atoms with Gasteiger partial charge in [-0.15, -0.1) is 0 Å². The van der Waals surface area contributed by atoms with Gasteiger partial charge >= 0.3 is 6.01 Å². The van der Waals surface area contributed by atoms with Crippen molar-refractivity contribution in [2.45, 2.75) is 13.1 Å². The highest BCUT2D eigenvalue weighted by Crippen LogP contribution is 2.20. The second-order valence-electron chi connectivity index (χ2n) is 7.21. The van der Waals surface area contributed by atoms with Crippen molar-refractivity contribution < 1.29 is 14.2 Å². The van der Waals surface area contributed by atoms with Crippen LogP contribution in [0.5, 0.6) is 6.01 Å². The van der Waals surface area contributed by atoms with E-state index in [1.54, 1.807) is 7.11 Å². The Morgan fingerprint density at radius 2 is 1.39 bits per heavy atom. The molecule has 0 aliphatic carbocycles. The van der Waals surface area contributed by atoms with Gasteiger partial charge in [0, 0.05) is 26.2 Å². The van der Waals surface area contributed by atoms with Crippen molar-refractivity contribution in [1.29, 1.82) is 0 Å². The average Bonchev–Trinajstić information content (AvgIpc) is 2.86. The Kier molecular flexibility index (Phi) is 10.3. The maximum Gasteiger partial charge on any atom is 0.322 e. The molecule has 0 fully saturated rings. The van der Waals surface area contributed by atoms with Crippen molar-refractivity contribution in [3.63, 3.8) is 0 Å². The smallest absolute Gasteiger partial charge is 0.322 e. The lowest BCUT2D eigenvalue weighted by Gasteiger charge is -2.23. The molecule has 0 atom stereocenters. The predicted octanol–water partition coefficient (Wildman–Crippen LogP) is 2.49. The summed E-state index contributed by atoms with van der Waals surface area (Å²) in [5.74, 6) is 0.971. The standard InChI is InChI=1S/C24H32N6O3/c1-31-24-28-22(26-13-15-33-17-16-32-14-12-25)27-23(29-24)30(18-20-8-4-2-5-9-20)19-21-10-6-3-7-11-21/h2-11H,12-19,25H2,1H3,(H,26,27,28,29). The number of nitrogens with one attached hydrogen (secondary N) is 1. The lowest BCUT2D eigenvalue weighted by molar-refractivity contribution is 0.0547. The van der Waals surface area contributed by atoms with Crippen LogP contribution in [0.1, 0.15) is 11.1 Å². The molecule has 0 saturated carbocycles. The number of aromatic nitrogens is 3. The number of rotatable bonds is 15. The Morgan fingerprint density at radius 1 is 0.788 bits per heavy atom. The molecule has 33 heavy (non-hydrogen) atoms. The first kappa shape index (κ1) is 24.4. The molecule has 3 N–H and O–H groups in total. The number of benzene rings is 2. The molecule has 0 bridgehead atoms. The largest absolute Gasteiger partial charge is 0.467 e. The van der Waals surface area contributed by atoms with E-state index in [1.165, 1.54) is 0 Å². The normalized spacial score (nSPS) is 10.7. The minimum absolute atomic E-state index is 0.254. The van der Waals surface area contributed by atoms with Gasteiger partial charge in [-0.05, 0) is 11.1 Å². The summed E-state index contributed by atoms with van der Waals surface area (Å²) in [5, 5.41) is 3.19. The predicted molar refractivity (Wildman–Crippen MR) is 128 cm³/mol. The van der Waals surface area contributed by atoms with Crippen LogP contribution in [0.15, 0.2) is 60.7 Å². The Morgan fingerprint density at radius 3 is 1.97 bits per heavy atom. The minimum atomic E-state index is 0.254. The molecule has 9 heteroatoms. The van der Waals surface area contributed by atoms with Gasteiger partial charge in [0.25, 0.3) is 0 Å². The topological polar surface area (TPSA) is 108 Å². The molecule has 1 heterocycles. The number of methoxy groups -OCH3 is 1. The van der Waals surface area contributed by atoms with Crippen LogP contribution in [0.2, 0.25) is 0 Å². The fourth-order valence-electron chi connectivity index (χ4n) is 3.10. The number of hydrogen-bond donors (Lipinski definition) is 2. The van der Waals surface area contributed by atoms with Gasteiger partial charge in [-0.25, -0.2) is 0 Å². The maximum absolute atomic E-state index is 5.55. The molecule has 0 saturated heterocycles. The molecular weight excluding hydrogens is 420 g/mol. The summed E-state index contributed by atoms with van der Waals surface area (Å²) in [6.45, 7) is 4.41. The number of hydrogen-bond acceptors (Lipinski definition) is 9. The van der Waals surface area contributed by atoms with Crippen molar-refractivity contribution in [2.24, 2.45) is 5.73 Å². The SMILES string of the molecule is COc1nc(NCCOCCOCCN)nc(N(Cc2ccccc2)Cc2ccccc2)n1. The van der Waals surface area contributed by atoms with E-state index in [2.05, 4.69) is 49.4 Å². The van der Waals surface area contributed by atoms with Gasteiger partial charge in [0.1, 0.15) is 0 Å². The average molecular weight is 453 g/mol. The molecule has 0 spiro atoms. The van der Waals surface area contributed by atoms with E-state index in [4.69, 9.17) is 19.9 Å². The highest BCUT2D eigenvalue weighted by molar-refractivity contribution is 5.40. The second kappa shape index (κ2) is 14.0. The van der Waals surface area contributed by atoms with E-state index in [9.17, 15) is 0 Å². The van der Waals surface area contributed by atoms with Crippen LogP contribution in [-0.2, 0) is 22.6 Å². The number of nitrogens with zero attached hydrogens (tertiary/aromatic N) is 4. The van der Waals surface area contributed by atoms with Crippen LogP contribution in [0.3, 0.4) is 0 Å². The first-order valence-electron chi connectivity index (χ1n) is 11.0. The van der Waals surface area contributed by atoms with Crippen molar-refractivity contribution in [1.82, 2.24) is 15.0 Å². The summed E-state index contributed by atoms with van der Waals surface area (Å²) >= 11 is 0. The molecule has 0 unspecified atom stereocenters. The van der Waals surface area contributed by atoms with Crippen LogP contribution in [-0.4, -0.2) is 61.6 Å². The van der Waals surface area contributed by atoms with Gasteiger partial charge in [0.15, 0.2) is 0 Å². The van der Waals surface area contributed by atoms with E-state index in [1.807, 2.05) is 36.4 Å². The van der Waals surface area contributed by atoms with Crippen molar-refractivity contribution in [2.75, 3.05) is 56.8 Å². The second-order valence-corrected chi connectivity index (χ2v) is 7.21. The van der Waals surface area contributed by atoms with E-state index in [-0.39, 0.29) is 6.01 Å². The Hall–Kier alpha value is -3.27. The van der Waals surface area contributed by atoms with Crippen LogP contribution in [0.4, 0.5) is 11.9 Å². The molecule has 3 rings (SSSR count). The van der Waals surface area contributed by atoms with Gasteiger partial charge < -0.3 is 30.2 Å². The molecule has 9 nitrogen and oxygen atoms in total. The zero-order valence-electron chi connectivity index (χ0n) is 19.0. The molecule has 0 aliphatic heterocycles. The van der Waals surface area contributed by atoms with E-state index in [0.717, 1.165) is 11.1 Å². The summed E-state index contributed by atoms with van der Waals surface area (Å²) in [5.41, 5.74) is 7.71. The highest BCUT2D eigenvalue weighted by Gasteiger charge is 2.15. The number of nitrogens with two attached hydrogens (primary N) is 1. The highest BCUT2D eigenvalue weighted by atomic mass is 16.5. The summed E-state index contributed by atoms with van der Waals surface area (Å²) in [6.07, 6.45) is 0. The third-order valence-corrected chi connectivity index (χ3v) is 4.66. The van der Waals surface area contributed by atoms with Gasteiger partial charge in [-0.1, -0.05) is 60.7 Å². The van der Waals surface area contributed by atoms with Crippen LogP contribution in [0.25, 0.3) is 0 Å². The zero-order valence-corrected chi connectivity index (χ0v) is 19.0. The third kappa shape index (κ3) is 8.64. The lowest BCUT2D eigenvalue weighted by atomic mass is 10.2. The van der Waals surface area contributed by atoms with Gasteiger partial charge in [0.05, 0.1) is 33.5 Å². The first-order valence-corrected chi connectivity index (χ1v) is 11.0. The molecule has 176 valence electrons. The molecule has 0 radical (unpaired) electrons. The Balaban J connectivity index is 1.68. The summed E-state index contributed by atoms with van der Waals surface area (Å²) in [7, 11) is 1.55. The monoisotopic (exact) mass is 452 g/mol. The van der Waals surface area contributed by atoms with E-state index >= 15 is 0 Å². The molecular formula is C24H32N6O3. The van der Waals surface area contributed by atoms with Gasteiger partial charge in [-0.3, -0.25) is 0 Å². The van der Waals surface area contributed by atoms with Crippen LogP contribution < -0.4 is 20.7 Å². The Bertz CT molecular complexity index is 888. The fraction of sp³-hybridized carbons (Fsp3) is 0.375. The van der Waals surface area contributed by atoms with Crippen molar-refractivity contribution >= 4 is 11.9 Å². The lowest BCUT2D eigenvalue weighted by Crippen LogP contribution is -2.25. The zero-order chi connectivity index (χ0) is 23.1. The Labute approximate surface area is 194 Å². The minimum Gasteiger partial charge on any atom is -0.467 e. The summed E-state index contributed by atoms with van der Waals surface area (Å²) in [6, 6.07) is 20.7. The quantitative estimate of drug-likeness (QED) is 0.336. The van der Waals surface area contributed by atoms with Crippen molar-refractivity contribution in [3.05, 3.63) is 71.8 Å². The third-order valence-electron chi connectivity index (χ3n) is 4.66. The summed E-state index contributed by atoms with van der Waals surface area (Å²) < 4.78 is 16.2. The van der Waals surface area contributed by atoms with E-state index in [0.29, 0.717) is 64.5 Å². The van der Waals surface area contributed by atoms with Gasteiger partial charge in [-0.2, -0.15) is 15.0 Å². The van der Waals surface area contributed by atoms with Crippen LogP contribution >= 0.6 is 0 Å². The maximum atomic E-state index is 5.55. The first-order chi connectivity index (χ1) is 16.3. The number of anilines is 2. The van der Waals surface area contributed by atoms with E-state index < -0.39 is 0 Å². The number of ether oxygens (including phenoxy) is 3. The molecule has 1 aromatic heterocycles. The molecule has 0 amide bonds. The summed E-state index contributed by atoms with van der Waals surface area (Å²) in [4.78, 5) is 15.6. The fourth-order valence-corrected chi connectivity index (χ4v) is 3.10. The molecule has 2 aromatic carbocycles. The molecule has 0 aliphatic rings. The van der Waals surface area contributed by atoms with Crippen LogP contribution in [0, 0.1) is 0 Å². The van der Waals surface area contributed by atoms with Crippen molar-refractivity contribution in [3.8, 4) is 6.01 Å².